The molecule has 2 atom stereocenters. The van der Waals surface area contributed by atoms with Crippen molar-refractivity contribution in [2.24, 2.45) is 10.9 Å². The number of nitrogens with two attached hydrogens (primary N) is 1. The van der Waals surface area contributed by atoms with E-state index in [1.54, 1.807) is 36.4 Å². The van der Waals surface area contributed by atoms with Crippen LogP contribution in [0.1, 0.15) is 34.8 Å². The van der Waals surface area contributed by atoms with Crippen molar-refractivity contribution < 1.29 is 37.4 Å². The molecule has 9 nitrogen and oxygen atoms in total. The van der Waals surface area contributed by atoms with Gasteiger partial charge in [0, 0.05) is 28.7 Å². The van der Waals surface area contributed by atoms with Gasteiger partial charge in [-0.3, -0.25) is 9.59 Å². The number of hydrogen-bond donors (Lipinski definition) is 3. The maximum absolute atomic E-state index is 12.8. The van der Waals surface area contributed by atoms with E-state index >= 15 is 0 Å². The Labute approximate surface area is 248 Å². The molecule has 0 saturated carbocycles. The number of carbonyl (C=O) groups excluding carboxylic acids is 2. The number of halogens is 5. The predicted molar refractivity (Wildman–Crippen MR) is 148 cm³/mol. The zero-order valence-corrected chi connectivity index (χ0v) is 23.3. The van der Waals surface area contributed by atoms with Crippen LogP contribution >= 0.6 is 23.2 Å². The predicted octanol–water partition coefficient (Wildman–Crippen LogP) is 4.68. The summed E-state index contributed by atoms with van der Waals surface area (Å²) in [6.07, 6.45) is -6.47. The highest BCUT2D eigenvalue weighted by atomic mass is 35.5. The van der Waals surface area contributed by atoms with Crippen LogP contribution in [-0.4, -0.2) is 46.6 Å². The zero-order valence-electron chi connectivity index (χ0n) is 21.8. The molecule has 14 heteroatoms. The summed E-state index contributed by atoms with van der Waals surface area (Å²) in [4.78, 5) is 32.0. The molecule has 0 aliphatic carbocycles. The summed E-state index contributed by atoms with van der Waals surface area (Å²) < 4.78 is 41.6. The van der Waals surface area contributed by atoms with Gasteiger partial charge < -0.3 is 30.6 Å². The summed E-state index contributed by atoms with van der Waals surface area (Å²) in [5, 5.41) is 17.6. The summed E-state index contributed by atoms with van der Waals surface area (Å²) in [6, 6.07) is 16.1. The molecule has 0 aromatic heterocycles. The number of aliphatic hydroxyl groups excluding tert-OH is 1. The number of amides is 2. The molecule has 4 rings (SSSR count). The molecule has 0 bridgehead atoms. The second-order valence-electron chi connectivity index (χ2n) is 9.30. The molecule has 0 radical (unpaired) electrons. The van der Waals surface area contributed by atoms with Crippen LogP contribution in [0.3, 0.4) is 0 Å². The molecule has 1 aliphatic heterocycles. The molecule has 3 aromatic carbocycles. The number of nitrogens with zero attached hydrogens (tertiary/aromatic N) is 2. The van der Waals surface area contributed by atoms with E-state index in [2.05, 4.69) is 15.2 Å². The van der Waals surface area contributed by atoms with Gasteiger partial charge in [-0.1, -0.05) is 64.8 Å². The Kier molecular flexibility index (Phi) is 9.81. The normalized spacial score (nSPS) is 15.9. The fourth-order valence-electron chi connectivity index (χ4n) is 4.07. The van der Waals surface area contributed by atoms with Gasteiger partial charge in [0.25, 0.3) is 5.91 Å². The van der Waals surface area contributed by atoms with Crippen LogP contribution in [0.25, 0.3) is 0 Å². The summed E-state index contributed by atoms with van der Waals surface area (Å²) in [5.41, 5.74) is 8.01. The van der Waals surface area contributed by atoms with Crippen molar-refractivity contribution in [3.8, 4) is 5.75 Å². The molecule has 1 saturated heterocycles. The number of hydrogen-bond acceptors (Lipinski definition) is 6. The topological polar surface area (TPSA) is 126 Å². The van der Waals surface area contributed by atoms with Crippen LogP contribution in [0.4, 0.5) is 13.2 Å². The van der Waals surface area contributed by atoms with Gasteiger partial charge in [-0.25, -0.2) is 0 Å². The van der Waals surface area contributed by atoms with E-state index in [0.717, 1.165) is 34.2 Å². The average molecular weight is 625 g/mol. The Hall–Kier alpha value is -4.00. The minimum Gasteiger partial charge on any atom is -0.406 e. The third kappa shape index (κ3) is 8.28. The first kappa shape index (κ1) is 30.9. The number of nitrogens with one attached hydrogen (secondary N) is 1. The second kappa shape index (κ2) is 13.3. The van der Waals surface area contributed by atoms with Crippen LogP contribution in [0.2, 0.25) is 10.0 Å². The Morgan fingerprint density at radius 3 is 2.33 bits per heavy atom. The fraction of sp³-hybridized carbons (Fsp3) is 0.250. The van der Waals surface area contributed by atoms with E-state index in [-0.39, 0.29) is 36.1 Å². The number of benzene rings is 3. The van der Waals surface area contributed by atoms with Gasteiger partial charge in [-0.2, -0.15) is 0 Å². The quantitative estimate of drug-likeness (QED) is 0.171. The van der Waals surface area contributed by atoms with Crippen LogP contribution < -0.4 is 15.8 Å². The number of amidine groups is 1. The largest absolute Gasteiger partial charge is 0.573 e. The van der Waals surface area contributed by atoms with E-state index in [1.165, 1.54) is 0 Å². The van der Waals surface area contributed by atoms with Gasteiger partial charge in [0.2, 0.25) is 5.91 Å². The lowest BCUT2D eigenvalue weighted by atomic mass is 9.98. The second-order valence-corrected chi connectivity index (χ2v) is 10.2. The number of rotatable bonds is 10. The molecule has 1 heterocycles. The van der Waals surface area contributed by atoms with Crippen molar-refractivity contribution in [3.05, 3.63) is 99.0 Å². The van der Waals surface area contributed by atoms with Crippen LogP contribution in [0.15, 0.2) is 71.9 Å². The molecule has 42 heavy (non-hydrogen) atoms. The zero-order chi connectivity index (χ0) is 30.4. The molecule has 2 amide bonds. The lowest BCUT2D eigenvalue weighted by Gasteiger charge is -2.40. The summed E-state index contributed by atoms with van der Waals surface area (Å²) >= 11 is 11.7. The Morgan fingerprint density at radius 1 is 1.05 bits per heavy atom. The number of ether oxygens (including phenoxy) is 1. The minimum atomic E-state index is -4.98. The first-order valence-electron chi connectivity index (χ1n) is 12.5. The average Bonchev–Trinajstić information content (AvgIpc) is 2.91. The number of alkyl halides is 3. The van der Waals surface area contributed by atoms with Crippen molar-refractivity contribution in [1.29, 1.82) is 0 Å². The summed E-state index contributed by atoms with van der Waals surface area (Å²) in [6.45, 7) is 0.552. The summed E-state index contributed by atoms with van der Waals surface area (Å²) in [5.74, 6) is -1.81. The third-order valence-electron chi connectivity index (χ3n) is 6.31. The maximum atomic E-state index is 12.8. The van der Waals surface area contributed by atoms with Crippen molar-refractivity contribution in [2.75, 3.05) is 6.54 Å². The van der Waals surface area contributed by atoms with E-state index in [0.29, 0.717) is 17.0 Å². The van der Waals surface area contributed by atoms with E-state index in [4.69, 9.17) is 33.8 Å². The molecular weight excluding hydrogens is 600 g/mol. The SMILES string of the molecule is N/C(=N/OCc1ccc(Cl)cc1)c1ccc(CNC(=O)C2CCN2C(=O)C(O)c2cc(Cl)cc(OC(F)(F)F)c2)cc1. The highest BCUT2D eigenvalue weighted by Crippen LogP contribution is 2.31. The van der Waals surface area contributed by atoms with Crippen LogP contribution in [0.5, 0.6) is 5.75 Å². The smallest absolute Gasteiger partial charge is 0.406 e. The van der Waals surface area contributed by atoms with Crippen molar-refractivity contribution >= 4 is 40.9 Å². The molecule has 222 valence electrons. The Bertz CT molecular complexity index is 1450. The van der Waals surface area contributed by atoms with E-state index in [9.17, 15) is 27.9 Å². The van der Waals surface area contributed by atoms with Gasteiger partial charge in [-0.05, 0) is 53.4 Å². The van der Waals surface area contributed by atoms with Gasteiger partial charge in [0.05, 0.1) is 0 Å². The number of oxime groups is 1. The first-order chi connectivity index (χ1) is 19.9. The molecule has 0 spiro atoms. The third-order valence-corrected chi connectivity index (χ3v) is 6.78. The molecule has 1 fully saturated rings. The van der Waals surface area contributed by atoms with Gasteiger partial charge in [0.1, 0.15) is 18.4 Å². The fourth-order valence-corrected chi connectivity index (χ4v) is 4.43. The van der Waals surface area contributed by atoms with Crippen LogP contribution in [-0.2, 0) is 27.6 Å². The van der Waals surface area contributed by atoms with Gasteiger partial charge in [0.15, 0.2) is 11.9 Å². The number of likely N-dealkylation sites (tertiary alicyclic amines) is 1. The monoisotopic (exact) mass is 624 g/mol. The van der Waals surface area contributed by atoms with Crippen molar-refractivity contribution in [3.63, 3.8) is 0 Å². The molecule has 1 aliphatic rings. The molecule has 3 aromatic rings. The standard InChI is InChI=1S/C28H25Cl2F3N4O5/c29-20-7-3-17(4-8-20)15-41-36-25(34)18-5-1-16(2-6-18)14-35-26(39)23-9-10-37(23)27(40)24(38)19-11-21(30)13-22(12-19)42-28(31,32)33/h1-8,11-13,23-24,38H,9-10,14-15H2,(H2,34,36)(H,35,39). The van der Waals surface area contributed by atoms with Crippen LogP contribution in [0, 0.1) is 0 Å². The first-order valence-corrected chi connectivity index (χ1v) is 13.3. The van der Waals surface area contributed by atoms with Crippen molar-refractivity contribution in [2.45, 2.75) is 38.1 Å². The minimum absolute atomic E-state index is 0.150. The maximum Gasteiger partial charge on any atom is 0.573 e. The summed E-state index contributed by atoms with van der Waals surface area (Å²) in [7, 11) is 0. The van der Waals surface area contributed by atoms with Gasteiger partial charge >= 0.3 is 6.36 Å². The Morgan fingerprint density at radius 2 is 1.71 bits per heavy atom. The number of aliphatic hydroxyl groups is 1. The molecule has 2 unspecified atom stereocenters. The number of carbonyl (C=O) groups is 2. The Balaban J connectivity index is 1.28. The van der Waals surface area contributed by atoms with Gasteiger partial charge in [-0.15, -0.1) is 13.2 Å². The molecule has 4 N–H and O–H groups in total. The lowest BCUT2D eigenvalue weighted by molar-refractivity contribution is -0.274. The van der Waals surface area contributed by atoms with E-state index in [1.807, 2.05) is 12.1 Å². The molecular formula is C28H25Cl2F3N4O5. The lowest BCUT2D eigenvalue weighted by Crippen LogP contribution is -2.59. The van der Waals surface area contributed by atoms with Crippen molar-refractivity contribution in [1.82, 2.24) is 10.2 Å². The highest BCUT2D eigenvalue weighted by Gasteiger charge is 2.40. The highest BCUT2D eigenvalue weighted by molar-refractivity contribution is 6.31. The van der Waals surface area contributed by atoms with E-state index < -0.39 is 36.1 Å².